The molecular formula is C14H24N2OS. The van der Waals surface area contributed by atoms with Gasteiger partial charge in [0.2, 0.25) is 0 Å². The average Bonchev–Trinajstić information content (AvgIpc) is 3.06. The molecule has 0 spiro atoms. The lowest BCUT2D eigenvalue weighted by molar-refractivity contribution is 0.0992. The highest BCUT2D eigenvalue weighted by Gasteiger charge is 2.17. The van der Waals surface area contributed by atoms with Gasteiger partial charge in [0, 0.05) is 17.5 Å². The van der Waals surface area contributed by atoms with E-state index in [2.05, 4.69) is 22.9 Å². The van der Waals surface area contributed by atoms with E-state index in [-0.39, 0.29) is 0 Å². The third-order valence-electron chi connectivity index (χ3n) is 3.65. The minimum atomic E-state index is 0.439. The maximum Gasteiger partial charge on any atom is 0.0576 e. The van der Waals surface area contributed by atoms with Crippen molar-refractivity contribution in [2.45, 2.75) is 57.1 Å². The van der Waals surface area contributed by atoms with E-state index < -0.39 is 0 Å². The van der Waals surface area contributed by atoms with E-state index >= 15 is 0 Å². The van der Waals surface area contributed by atoms with Crippen molar-refractivity contribution >= 4 is 11.3 Å². The Morgan fingerprint density at radius 1 is 1.50 bits per heavy atom. The molecule has 3 nitrogen and oxygen atoms in total. The van der Waals surface area contributed by atoms with Crippen LogP contribution in [0, 0.1) is 0 Å². The molecule has 2 atom stereocenters. The van der Waals surface area contributed by atoms with Gasteiger partial charge in [-0.05, 0) is 56.4 Å². The number of nitrogens with one attached hydrogen (secondary N) is 1. The molecule has 0 saturated carbocycles. The monoisotopic (exact) mass is 268 g/mol. The molecule has 18 heavy (non-hydrogen) atoms. The minimum Gasteiger partial charge on any atom is -0.378 e. The van der Waals surface area contributed by atoms with Crippen LogP contribution in [0.15, 0.2) is 17.5 Å². The second-order valence-electron chi connectivity index (χ2n) is 5.05. The summed E-state index contributed by atoms with van der Waals surface area (Å²) in [6.07, 6.45) is 8.76. The van der Waals surface area contributed by atoms with E-state index in [1.807, 2.05) is 11.3 Å². The number of nitrogens with two attached hydrogens (primary N) is 1. The SMILES string of the molecule is NNC(CCCc1cccs1)CCC1CCCO1. The molecule has 1 fully saturated rings. The molecule has 0 bridgehead atoms. The van der Waals surface area contributed by atoms with Crippen LogP contribution < -0.4 is 11.3 Å². The molecule has 4 heteroatoms. The molecule has 102 valence electrons. The van der Waals surface area contributed by atoms with Crippen LogP contribution in [0.2, 0.25) is 0 Å². The highest BCUT2D eigenvalue weighted by Crippen LogP contribution is 2.19. The number of rotatable bonds is 8. The molecule has 0 aliphatic carbocycles. The molecule has 0 amide bonds. The third kappa shape index (κ3) is 4.69. The van der Waals surface area contributed by atoms with Gasteiger partial charge in [-0.1, -0.05) is 6.07 Å². The Balaban J connectivity index is 1.59. The highest BCUT2D eigenvalue weighted by atomic mass is 32.1. The summed E-state index contributed by atoms with van der Waals surface area (Å²) in [4.78, 5) is 1.48. The largest absolute Gasteiger partial charge is 0.378 e. The van der Waals surface area contributed by atoms with Gasteiger partial charge < -0.3 is 4.74 Å². The van der Waals surface area contributed by atoms with Gasteiger partial charge in [0.1, 0.15) is 0 Å². The number of hydrogen-bond acceptors (Lipinski definition) is 4. The van der Waals surface area contributed by atoms with Crippen LogP contribution in [0.4, 0.5) is 0 Å². The molecule has 1 aliphatic rings. The summed E-state index contributed by atoms with van der Waals surface area (Å²) < 4.78 is 5.64. The summed E-state index contributed by atoms with van der Waals surface area (Å²) in [5.41, 5.74) is 2.95. The molecule has 2 unspecified atom stereocenters. The molecular weight excluding hydrogens is 244 g/mol. The van der Waals surface area contributed by atoms with E-state index in [1.165, 1.54) is 30.6 Å². The zero-order valence-corrected chi connectivity index (χ0v) is 11.8. The van der Waals surface area contributed by atoms with Crippen LogP contribution in [0.1, 0.15) is 43.4 Å². The fourth-order valence-corrected chi connectivity index (χ4v) is 3.30. The topological polar surface area (TPSA) is 47.3 Å². The van der Waals surface area contributed by atoms with E-state index in [9.17, 15) is 0 Å². The van der Waals surface area contributed by atoms with Crippen LogP contribution in [0.25, 0.3) is 0 Å². The van der Waals surface area contributed by atoms with Crippen molar-refractivity contribution in [2.24, 2.45) is 5.84 Å². The predicted octanol–water partition coefficient (Wildman–Crippen LogP) is 2.86. The first-order chi connectivity index (χ1) is 8.88. The Labute approximate surface area is 114 Å². The number of hydrogen-bond donors (Lipinski definition) is 2. The molecule has 2 heterocycles. The molecule has 1 aromatic heterocycles. The summed E-state index contributed by atoms with van der Waals surface area (Å²) in [7, 11) is 0. The van der Waals surface area contributed by atoms with Crippen molar-refractivity contribution in [3.05, 3.63) is 22.4 Å². The number of aryl methyl sites for hydroxylation is 1. The summed E-state index contributed by atoms with van der Waals surface area (Å²) in [5, 5.41) is 2.14. The Kier molecular flexibility index (Phi) is 6.14. The van der Waals surface area contributed by atoms with Crippen LogP contribution >= 0.6 is 11.3 Å². The van der Waals surface area contributed by atoms with Crippen molar-refractivity contribution in [1.29, 1.82) is 0 Å². The van der Waals surface area contributed by atoms with Crippen LogP contribution in [0.3, 0.4) is 0 Å². The lowest BCUT2D eigenvalue weighted by Crippen LogP contribution is -2.35. The molecule has 1 aliphatic heterocycles. The fraction of sp³-hybridized carbons (Fsp3) is 0.714. The molecule has 2 rings (SSSR count). The Bertz CT molecular complexity index is 310. The van der Waals surface area contributed by atoms with E-state index in [4.69, 9.17) is 10.6 Å². The maximum absolute atomic E-state index is 5.64. The first kappa shape index (κ1) is 14.0. The van der Waals surface area contributed by atoms with Crippen molar-refractivity contribution in [2.75, 3.05) is 6.61 Å². The lowest BCUT2D eigenvalue weighted by atomic mass is 10.0. The van der Waals surface area contributed by atoms with Gasteiger partial charge in [-0.15, -0.1) is 11.3 Å². The van der Waals surface area contributed by atoms with Gasteiger partial charge in [0.15, 0.2) is 0 Å². The van der Waals surface area contributed by atoms with Crippen LogP contribution in [-0.2, 0) is 11.2 Å². The van der Waals surface area contributed by atoms with Crippen LogP contribution in [0.5, 0.6) is 0 Å². The first-order valence-corrected chi connectivity index (χ1v) is 7.86. The Hall–Kier alpha value is -0.420. The minimum absolute atomic E-state index is 0.439. The number of thiophene rings is 1. The second kappa shape index (κ2) is 7.89. The maximum atomic E-state index is 5.64. The Morgan fingerprint density at radius 2 is 2.44 bits per heavy atom. The average molecular weight is 268 g/mol. The Morgan fingerprint density at radius 3 is 3.11 bits per heavy atom. The lowest BCUT2D eigenvalue weighted by Gasteiger charge is -2.17. The second-order valence-corrected chi connectivity index (χ2v) is 6.08. The number of hydrazine groups is 1. The third-order valence-corrected chi connectivity index (χ3v) is 4.59. The normalized spacial score (nSPS) is 21.3. The molecule has 0 aromatic carbocycles. The van der Waals surface area contributed by atoms with Crippen LogP contribution in [-0.4, -0.2) is 18.8 Å². The van der Waals surface area contributed by atoms with Gasteiger partial charge in [-0.3, -0.25) is 11.3 Å². The van der Waals surface area contributed by atoms with E-state index in [0.29, 0.717) is 12.1 Å². The van der Waals surface area contributed by atoms with Crippen molar-refractivity contribution in [3.63, 3.8) is 0 Å². The molecule has 1 aromatic rings. The van der Waals surface area contributed by atoms with Gasteiger partial charge in [-0.2, -0.15) is 0 Å². The summed E-state index contributed by atoms with van der Waals surface area (Å²) in [6.45, 7) is 0.948. The number of ether oxygens (including phenoxy) is 1. The highest BCUT2D eigenvalue weighted by molar-refractivity contribution is 7.09. The van der Waals surface area contributed by atoms with Gasteiger partial charge in [-0.25, -0.2) is 0 Å². The molecule has 0 radical (unpaired) electrons. The summed E-state index contributed by atoms with van der Waals surface area (Å²) in [5.74, 6) is 5.63. The van der Waals surface area contributed by atoms with Crippen molar-refractivity contribution in [3.8, 4) is 0 Å². The van der Waals surface area contributed by atoms with Gasteiger partial charge >= 0.3 is 0 Å². The van der Waals surface area contributed by atoms with Crippen molar-refractivity contribution < 1.29 is 4.74 Å². The summed E-state index contributed by atoms with van der Waals surface area (Å²) >= 11 is 1.84. The zero-order chi connectivity index (χ0) is 12.6. The molecule has 1 saturated heterocycles. The van der Waals surface area contributed by atoms with Crippen molar-refractivity contribution in [1.82, 2.24) is 5.43 Å². The summed E-state index contributed by atoms with van der Waals surface area (Å²) in [6, 6.07) is 4.77. The molecule has 3 N–H and O–H groups in total. The predicted molar refractivity (Wildman–Crippen MR) is 76.6 cm³/mol. The fourth-order valence-electron chi connectivity index (χ4n) is 2.55. The smallest absolute Gasteiger partial charge is 0.0576 e. The van der Waals surface area contributed by atoms with Gasteiger partial charge in [0.05, 0.1) is 6.10 Å². The first-order valence-electron chi connectivity index (χ1n) is 6.98. The van der Waals surface area contributed by atoms with E-state index in [0.717, 1.165) is 25.9 Å². The van der Waals surface area contributed by atoms with Gasteiger partial charge in [0.25, 0.3) is 0 Å². The zero-order valence-electron chi connectivity index (χ0n) is 10.9. The quantitative estimate of drug-likeness (QED) is 0.563. The van der Waals surface area contributed by atoms with E-state index in [1.54, 1.807) is 0 Å². The standard InChI is InChI=1S/C14H24N2OS/c15-16-12(8-9-13-5-2-10-17-13)4-1-6-14-7-3-11-18-14/h3,7,11-13,16H,1-2,4-6,8-10,15H2.